The maximum Gasteiger partial charge on any atom is 0.255 e. The highest BCUT2D eigenvalue weighted by molar-refractivity contribution is 7.80. The fourth-order valence-corrected chi connectivity index (χ4v) is 2.85. The van der Waals surface area contributed by atoms with Crippen LogP contribution in [-0.2, 0) is 0 Å². The van der Waals surface area contributed by atoms with Gasteiger partial charge in [0.15, 0.2) is 0 Å². The van der Waals surface area contributed by atoms with Crippen LogP contribution in [0.1, 0.15) is 48.7 Å². The van der Waals surface area contributed by atoms with Crippen molar-refractivity contribution in [2.75, 3.05) is 0 Å². The summed E-state index contributed by atoms with van der Waals surface area (Å²) in [5.74, 6) is 1.11. The van der Waals surface area contributed by atoms with Gasteiger partial charge in [0, 0.05) is 0 Å². The van der Waals surface area contributed by atoms with Crippen LogP contribution in [0.15, 0.2) is 16.7 Å². The molecule has 1 saturated carbocycles. The van der Waals surface area contributed by atoms with E-state index in [-0.39, 0.29) is 5.91 Å². The highest BCUT2D eigenvalue weighted by Crippen LogP contribution is 2.32. The first kappa shape index (κ1) is 14.1. The molecule has 4 nitrogen and oxygen atoms in total. The van der Waals surface area contributed by atoms with Gasteiger partial charge in [0.25, 0.3) is 5.91 Å². The molecule has 0 radical (unpaired) electrons. The van der Waals surface area contributed by atoms with E-state index in [9.17, 15) is 4.79 Å². The number of rotatable bonds is 3. The predicted molar refractivity (Wildman–Crippen MR) is 78.1 cm³/mol. The standard InChI is InChI=1S/C14H20N2O2S/c1-9-3-6-14(7-4-9,13(15)19)16-12(17)11-5-8-18-10(11)2/h5,8-9H,3-4,6-7H2,1-2H3,(H2,15,19)(H,16,17). The lowest BCUT2D eigenvalue weighted by atomic mass is 9.77. The van der Waals surface area contributed by atoms with Crippen LogP contribution in [0.5, 0.6) is 0 Å². The van der Waals surface area contributed by atoms with Crippen molar-refractivity contribution in [1.82, 2.24) is 5.32 Å². The van der Waals surface area contributed by atoms with Crippen LogP contribution in [0.4, 0.5) is 0 Å². The van der Waals surface area contributed by atoms with Gasteiger partial charge in [0.1, 0.15) is 5.76 Å². The molecule has 19 heavy (non-hydrogen) atoms. The van der Waals surface area contributed by atoms with E-state index in [1.54, 1.807) is 13.0 Å². The van der Waals surface area contributed by atoms with Crippen LogP contribution in [0.25, 0.3) is 0 Å². The molecule has 1 aromatic heterocycles. The third-order valence-corrected chi connectivity index (χ3v) is 4.45. The quantitative estimate of drug-likeness (QED) is 0.835. The number of furan rings is 1. The van der Waals surface area contributed by atoms with E-state index in [4.69, 9.17) is 22.4 Å². The van der Waals surface area contributed by atoms with Gasteiger partial charge in [-0.05, 0) is 44.6 Å². The van der Waals surface area contributed by atoms with E-state index >= 15 is 0 Å². The molecule has 1 amide bonds. The second-order valence-electron chi connectivity index (χ2n) is 5.47. The second-order valence-corrected chi connectivity index (χ2v) is 5.91. The Balaban J connectivity index is 2.16. The topological polar surface area (TPSA) is 68.3 Å². The van der Waals surface area contributed by atoms with Crippen molar-refractivity contribution in [3.63, 3.8) is 0 Å². The van der Waals surface area contributed by atoms with Crippen molar-refractivity contribution in [2.24, 2.45) is 11.7 Å². The Morgan fingerprint density at radius 3 is 2.63 bits per heavy atom. The first-order chi connectivity index (χ1) is 8.94. The van der Waals surface area contributed by atoms with Crippen LogP contribution in [0.2, 0.25) is 0 Å². The molecule has 0 atom stereocenters. The molecule has 0 bridgehead atoms. The third-order valence-electron chi connectivity index (χ3n) is 4.06. The maximum atomic E-state index is 12.3. The molecule has 0 unspecified atom stereocenters. The summed E-state index contributed by atoms with van der Waals surface area (Å²) in [5, 5.41) is 3.03. The van der Waals surface area contributed by atoms with Crippen molar-refractivity contribution >= 4 is 23.1 Å². The summed E-state index contributed by atoms with van der Waals surface area (Å²) >= 11 is 5.19. The third kappa shape index (κ3) is 2.81. The van der Waals surface area contributed by atoms with Crippen LogP contribution in [0.3, 0.4) is 0 Å². The number of hydrogen-bond acceptors (Lipinski definition) is 3. The van der Waals surface area contributed by atoms with Gasteiger partial charge < -0.3 is 15.5 Å². The van der Waals surface area contributed by atoms with Gasteiger partial charge in [0.2, 0.25) is 0 Å². The average molecular weight is 280 g/mol. The number of carbonyl (C=O) groups is 1. The first-order valence-electron chi connectivity index (χ1n) is 6.61. The predicted octanol–water partition coefficient (Wildman–Crippen LogP) is 2.55. The first-order valence-corrected chi connectivity index (χ1v) is 7.02. The van der Waals surface area contributed by atoms with E-state index in [1.165, 1.54) is 6.26 Å². The van der Waals surface area contributed by atoms with E-state index < -0.39 is 5.54 Å². The normalized spacial score (nSPS) is 26.9. The fourth-order valence-electron chi connectivity index (χ4n) is 2.59. The molecule has 0 aromatic carbocycles. The van der Waals surface area contributed by atoms with Crippen molar-refractivity contribution < 1.29 is 9.21 Å². The Hall–Kier alpha value is -1.36. The van der Waals surface area contributed by atoms with Gasteiger partial charge in [-0.2, -0.15) is 0 Å². The van der Waals surface area contributed by atoms with Gasteiger partial charge >= 0.3 is 0 Å². The number of aryl methyl sites for hydroxylation is 1. The molecule has 104 valence electrons. The van der Waals surface area contributed by atoms with Gasteiger partial charge in [-0.3, -0.25) is 4.79 Å². The summed E-state index contributed by atoms with van der Waals surface area (Å²) in [6.07, 6.45) is 5.20. The van der Waals surface area contributed by atoms with Gasteiger partial charge in [-0.15, -0.1) is 0 Å². The largest absolute Gasteiger partial charge is 0.469 e. The number of nitrogens with two attached hydrogens (primary N) is 1. The molecule has 1 heterocycles. The van der Waals surface area contributed by atoms with Gasteiger partial charge in [-0.1, -0.05) is 19.1 Å². The molecule has 0 aliphatic heterocycles. The van der Waals surface area contributed by atoms with E-state index in [1.807, 2.05) is 0 Å². The molecule has 3 N–H and O–H groups in total. The minimum absolute atomic E-state index is 0.159. The summed E-state index contributed by atoms with van der Waals surface area (Å²) in [6.45, 7) is 3.98. The number of amides is 1. The van der Waals surface area contributed by atoms with E-state index in [0.717, 1.165) is 25.7 Å². The molecule has 1 aliphatic carbocycles. The Morgan fingerprint density at radius 1 is 1.53 bits per heavy atom. The molecule has 2 rings (SSSR count). The Bertz CT molecular complexity index is 487. The molecule has 1 aromatic rings. The zero-order chi connectivity index (χ0) is 14.0. The maximum absolute atomic E-state index is 12.3. The van der Waals surface area contributed by atoms with E-state index in [2.05, 4.69) is 12.2 Å². The number of nitrogens with one attached hydrogen (secondary N) is 1. The lowest BCUT2D eigenvalue weighted by Crippen LogP contribution is -2.58. The lowest BCUT2D eigenvalue weighted by molar-refractivity contribution is 0.0899. The Labute approximate surface area is 118 Å². The average Bonchev–Trinajstić information content (AvgIpc) is 2.78. The molecular formula is C14H20N2O2S. The molecule has 5 heteroatoms. The molecule has 1 aliphatic rings. The van der Waals surface area contributed by atoms with Gasteiger partial charge in [-0.25, -0.2) is 0 Å². The van der Waals surface area contributed by atoms with E-state index in [0.29, 0.717) is 22.2 Å². The summed E-state index contributed by atoms with van der Waals surface area (Å²) in [6, 6.07) is 1.67. The SMILES string of the molecule is Cc1occc1C(=O)NC1(C(N)=S)CCC(C)CC1. The molecular weight excluding hydrogens is 260 g/mol. The van der Waals surface area contributed by atoms with Crippen LogP contribution in [-0.4, -0.2) is 16.4 Å². The molecule has 0 saturated heterocycles. The molecule has 0 spiro atoms. The monoisotopic (exact) mass is 280 g/mol. The zero-order valence-corrected chi connectivity index (χ0v) is 12.2. The van der Waals surface area contributed by atoms with Crippen molar-refractivity contribution in [1.29, 1.82) is 0 Å². The smallest absolute Gasteiger partial charge is 0.255 e. The fraction of sp³-hybridized carbons (Fsp3) is 0.571. The van der Waals surface area contributed by atoms with Crippen LogP contribution in [0, 0.1) is 12.8 Å². The second kappa shape index (κ2) is 5.33. The van der Waals surface area contributed by atoms with Crippen molar-refractivity contribution in [3.05, 3.63) is 23.7 Å². The minimum atomic E-state index is -0.539. The number of thiocarbonyl (C=S) groups is 1. The zero-order valence-electron chi connectivity index (χ0n) is 11.4. The Morgan fingerprint density at radius 2 is 2.16 bits per heavy atom. The minimum Gasteiger partial charge on any atom is -0.469 e. The molecule has 1 fully saturated rings. The summed E-state index contributed by atoms with van der Waals surface area (Å²) < 4.78 is 5.16. The number of carbonyl (C=O) groups excluding carboxylic acids is 1. The summed E-state index contributed by atoms with van der Waals surface area (Å²) in [7, 11) is 0. The lowest BCUT2D eigenvalue weighted by Gasteiger charge is -2.39. The Kier molecular flexibility index (Phi) is 3.94. The van der Waals surface area contributed by atoms with Crippen LogP contribution >= 0.6 is 12.2 Å². The highest BCUT2D eigenvalue weighted by Gasteiger charge is 2.38. The summed E-state index contributed by atoms with van der Waals surface area (Å²) in [5.41, 5.74) is 5.89. The van der Waals surface area contributed by atoms with Crippen molar-refractivity contribution in [2.45, 2.75) is 45.1 Å². The van der Waals surface area contributed by atoms with Gasteiger partial charge in [0.05, 0.1) is 22.4 Å². The summed E-state index contributed by atoms with van der Waals surface area (Å²) in [4.78, 5) is 12.7. The number of hydrogen-bond donors (Lipinski definition) is 2. The highest BCUT2D eigenvalue weighted by atomic mass is 32.1. The van der Waals surface area contributed by atoms with Crippen LogP contribution < -0.4 is 11.1 Å². The van der Waals surface area contributed by atoms with Crippen molar-refractivity contribution in [3.8, 4) is 0 Å².